The molecular weight excluding hydrogens is 983 g/mol. The Kier molecular flexibility index (Phi) is 9.43. The molecule has 0 radical (unpaired) electrons. The molecule has 0 fully saturated rings. The molecule has 0 spiro atoms. The van der Waals surface area contributed by atoms with E-state index in [1.807, 2.05) is 115 Å². The van der Waals surface area contributed by atoms with E-state index in [4.69, 9.17) is 52.0 Å². The first-order chi connectivity index (χ1) is 38.5. The fourth-order valence-electron chi connectivity index (χ4n) is 9.71. The molecule has 0 amide bonds. The van der Waals surface area contributed by atoms with Crippen LogP contribution in [0.4, 0.5) is 0 Å². The van der Waals surface area contributed by atoms with Gasteiger partial charge < -0.3 is 27.1 Å². The zero-order valence-corrected chi connectivity index (χ0v) is 40.2. The molecule has 18 nitrogen and oxygen atoms in total. The standard InChI is InChI=1S/C60H31N13O5/c1-7-43-50(61-13-1)73-49(67-43)37-22-34(23-38(28-37)51-68-44-8-2-14-62-56(44)74-51)31-19-32(35-24-39(52-69-45-9-3-15-63-57(45)75-52)29-40(25-35)53-70-46-10-4-16-64-58(46)76-53)21-33(20-31)36-26-41(54-71-47-11-5-17-65-59(47)77-54)30-42(27-36)55-72-48-12-6-18-66-60(48)78-55/h1-30H,(H,61,67,73). The largest absolute Gasteiger partial charge is 0.418 e. The van der Waals surface area contributed by atoms with E-state index in [2.05, 4.69) is 65.2 Å². The summed E-state index contributed by atoms with van der Waals surface area (Å²) in [7, 11) is 0. The van der Waals surface area contributed by atoms with Gasteiger partial charge >= 0.3 is 0 Å². The number of hydrogen-bond donors (Lipinski definition) is 1. The lowest BCUT2D eigenvalue weighted by atomic mass is 9.90. The molecule has 0 aliphatic heterocycles. The van der Waals surface area contributed by atoms with Crippen LogP contribution in [0, 0.1) is 0 Å². The number of fused-ring (bicyclic) bond motifs is 6. The number of nitrogens with zero attached hydrogens (tertiary/aromatic N) is 12. The number of H-pyrrole nitrogens is 1. The molecule has 0 saturated heterocycles. The van der Waals surface area contributed by atoms with E-state index in [0.29, 0.717) is 125 Å². The molecule has 16 aromatic rings. The van der Waals surface area contributed by atoms with Crippen molar-refractivity contribution < 1.29 is 22.1 Å². The second-order valence-corrected chi connectivity index (χ2v) is 18.4. The van der Waals surface area contributed by atoms with Gasteiger partial charge in [0.2, 0.25) is 58.0 Å². The Hall–Kier alpha value is -11.4. The normalized spacial score (nSPS) is 11.8. The fraction of sp³-hybridized carbons (Fsp3) is 0. The van der Waals surface area contributed by atoms with Crippen LogP contribution in [0.3, 0.4) is 0 Å². The van der Waals surface area contributed by atoms with E-state index >= 15 is 0 Å². The van der Waals surface area contributed by atoms with Crippen molar-refractivity contribution in [1.82, 2.24) is 64.8 Å². The summed E-state index contributed by atoms with van der Waals surface area (Å²) in [6.45, 7) is 0. The van der Waals surface area contributed by atoms with Crippen molar-refractivity contribution in [3.63, 3.8) is 0 Å². The van der Waals surface area contributed by atoms with Crippen LogP contribution in [0.25, 0.3) is 169 Å². The summed E-state index contributed by atoms with van der Waals surface area (Å²) < 4.78 is 31.7. The van der Waals surface area contributed by atoms with Gasteiger partial charge in [-0.05, 0) is 179 Å². The van der Waals surface area contributed by atoms with Crippen LogP contribution >= 0.6 is 0 Å². The van der Waals surface area contributed by atoms with E-state index in [0.717, 1.165) is 44.5 Å². The van der Waals surface area contributed by atoms with Crippen molar-refractivity contribution in [3.05, 3.63) is 183 Å². The third kappa shape index (κ3) is 7.50. The highest BCUT2D eigenvalue weighted by Gasteiger charge is 2.22. The van der Waals surface area contributed by atoms with Gasteiger partial charge in [-0.15, -0.1) is 0 Å². The van der Waals surface area contributed by atoms with Crippen LogP contribution < -0.4 is 0 Å². The predicted octanol–water partition coefficient (Wildman–Crippen LogP) is 13.6. The first kappa shape index (κ1) is 43.0. The Morgan fingerprint density at radius 2 is 0.487 bits per heavy atom. The number of hydrogen-bond acceptors (Lipinski definition) is 17. The van der Waals surface area contributed by atoms with E-state index in [1.165, 1.54) is 0 Å². The van der Waals surface area contributed by atoms with Crippen LogP contribution in [-0.2, 0) is 0 Å². The van der Waals surface area contributed by atoms with Crippen molar-refractivity contribution in [1.29, 1.82) is 0 Å². The van der Waals surface area contributed by atoms with E-state index in [-0.39, 0.29) is 0 Å². The van der Waals surface area contributed by atoms with Gasteiger partial charge in [-0.3, -0.25) is 0 Å². The Bertz CT molecular complexity index is 4060. The highest BCUT2D eigenvalue weighted by atomic mass is 16.4. The summed E-state index contributed by atoms with van der Waals surface area (Å²) in [6, 6.07) is 46.8. The first-order valence-corrected chi connectivity index (χ1v) is 24.5. The Morgan fingerprint density at radius 1 is 0.244 bits per heavy atom. The lowest BCUT2D eigenvalue weighted by Crippen LogP contribution is -1.92. The van der Waals surface area contributed by atoms with Crippen molar-refractivity contribution in [2.24, 2.45) is 0 Å². The summed E-state index contributed by atoms with van der Waals surface area (Å²) in [6.07, 6.45) is 10.1. The molecule has 0 bridgehead atoms. The van der Waals surface area contributed by atoms with Crippen LogP contribution in [0.2, 0.25) is 0 Å². The summed E-state index contributed by atoms with van der Waals surface area (Å²) in [4.78, 5) is 59.6. The predicted molar refractivity (Wildman–Crippen MR) is 290 cm³/mol. The summed E-state index contributed by atoms with van der Waals surface area (Å²) in [5, 5.41) is 0. The van der Waals surface area contributed by atoms with Gasteiger partial charge in [-0.1, -0.05) is 0 Å². The van der Waals surface area contributed by atoms with Crippen molar-refractivity contribution in [2.75, 3.05) is 0 Å². The van der Waals surface area contributed by atoms with Gasteiger partial charge in [0.15, 0.2) is 5.65 Å². The second-order valence-electron chi connectivity index (χ2n) is 18.4. The maximum absolute atomic E-state index is 6.35. The number of pyridine rings is 6. The number of nitrogens with one attached hydrogen (secondary N) is 1. The van der Waals surface area contributed by atoms with Crippen LogP contribution in [0.5, 0.6) is 0 Å². The Labute approximate surface area is 437 Å². The molecule has 1 N–H and O–H groups in total. The third-order valence-electron chi connectivity index (χ3n) is 13.3. The molecule has 0 saturated carbocycles. The zero-order chi connectivity index (χ0) is 51.3. The van der Waals surface area contributed by atoms with Gasteiger partial charge in [0.1, 0.15) is 38.9 Å². The molecule has 0 aliphatic carbocycles. The molecule has 12 aromatic heterocycles. The molecule has 0 aliphatic rings. The summed E-state index contributed by atoms with van der Waals surface area (Å²) in [5.74, 6) is 2.44. The molecule has 4 aromatic carbocycles. The molecule has 366 valence electrons. The van der Waals surface area contributed by atoms with E-state index in [1.54, 1.807) is 37.2 Å². The SMILES string of the molecule is c1cnc2[nH]c(-c3cc(-c4cc(-c5cc(-c6nc7cccnc7o6)cc(-c6nc7cccnc7o6)c5)cc(-c5cc(-c6nc7cccnc7o6)cc(-c6nc7cccnc7o6)c5)c4)cc(-c4nc5cccnc5o4)c3)nc2c1. The lowest BCUT2D eigenvalue weighted by molar-refractivity contribution is 0.604. The molecule has 16 rings (SSSR count). The fourth-order valence-corrected chi connectivity index (χ4v) is 9.71. The van der Waals surface area contributed by atoms with E-state index < -0.39 is 0 Å². The van der Waals surface area contributed by atoms with Crippen molar-refractivity contribution in [2.45, 2.75) is 0 Å². The topological polar surface area (TPSA) is 236 Å². The molecule has 78 heavy (non-hydrogen) atoms. The average molecular weight is 1010 g/mol. The Balaban J connectivity index is 0.959. The highest BCUT2D eigenvalue weighted by Crippen LogP contribution is 2.42. The van der Waals surface area contributed by atoms with Crippen LogP contribution in [0.15, 0.2) is 205 Å². The first-order valence-electron chi connectivity index (χ1n) is 24.5. The second kappa shape index (κ2) is 17.1. The third-order valence-corrected chi connectivity index (χ3v) is 13.3. The van der Waals surface area contributed by atoms with Gasteiger partial charge in [0.25, 0.3) is 0 Å². The number of rotatable bonds is 9. The quantitative estimate of drug-likeness (QED) is 0.141. The smallest absolute Gasteiger partial charge is 0.247 e. The molecule has 18 heteroatoms. The number of aromatic amines is 1. The molecular formula is C60H31N13O5. The minimum atomic E-state index is 0.362. The minimum Gasteiger partial charge on any atom is -0.418 e. The molecule has 0 atom stereocenters. The van der Waals surface area contributed by atoms with Crippen LogP contribution in [0.1, 0.15) is 0 Å². The van der Waals surface area contributed by atoms with E-state index in [9.17, 15) is 0 Å². The van der Waals surface area contributed by atoms with Gasteiger partial charge in [0, 0.05) is 70.6 Å². The molecule has 12 heterocycles. The minimum absolute atomic E-state index is 0.362. The zero-order valence-electron chi connectivity index (χ0n) is 40.2. The van der Waals surface area contributed by atoms with Gasteiger partial charge in [-0.25, -0.2) is 59.8 Å². The maximum atomic E-state index is 6.35. The Morgan fingerprint density at radius 3 is 0.782 bits per heavy atom. The van der Waals surface area contributed by atoms with Crippen molar-refractivity contribution in [3.8, 4) is 102 Å². The number of oxazole rings is 5. The lowest BCUT2D eigenvalue weighted by Gasteiger charge is -2.15. The van der Waals surface area contributed by atoms with Crippen molar-refractivity contribution >= 4 is 67.3 Å². The van der Waals surface area contributed by atoms with Crippen LogP contribution in [-0.4, -0.2) is 64.8 Å². The monoisotopic (exact) mass is 1010 g/mol. The highest BCUT2D eigenvalue weighted by molar-refractivity contribution is 5.90. The number of aromatic nitrogens is 13. The van der Waals surface area contributed by atoms with Gasteiger partial charge in [0.05, 0.1) is 0 Å². The maximum Gasteiger partial charge on any atom is 0.247 e. The number of imidazole rings is 1. The molecule has 0 unspecified atom stereocenters. The summed E-state index contributed by atoms with van der Waals surface area (Å²) in [5.41, 5.74) is 15.4. The summed E-state index contributed by atoms with van der Waals surface area (Å²) >= 11 is 0. The number of benzene rings is 4. The average Bonchev–Trinajstić information content (AvgIpc) is 4.39. The van der Waals surface area contributed by atoms with Gasteiger partial charge in [-0.2, -0.15) is 0 Å².